The molecule has 6 heteroatoms. The summed E-state index contributed by atoms with van der Waals surface area (Å²) in [6.07, 6.45) is 1.58. The molecule has 1 N–H and O–H groups in total. The zero-order valence-electron chi connectivity index (χ0n) is 12.7. The summed E-state index contributed by atoms with van der Waals surface area (Å²) in [4.78, 5) is 21.1. The molecule has 116 valence electrons. The van der Waals surface area contributed by atoms with Crippen molar-refractivity contribution in [2.45, 2.75) is 6.92 Å². The van der Waals surface area contributed by atoms with Crippen LogP contribution in [0.15, 0.2) is 48.0 Å². The van der Waals surface area contributed by atoms with Gasteiger partial charge in [-0.2, -0.15) is 0 Å². The van der Waals surface area contributed by atoms with Gasteiger partial charge in [0.15, 0.2) is 0 Å². The normalized spacial score (nSPS) is 10.3. The van der Waals surface area contributed by atoms with E-state index in [0.717, 1.165) is 16.3 Å². The van der Waals surface area contributed by atoms with E-state index in [0.29, 0.717) is 17.1 Å². The minimum absolute atomic E-state index is 0.269. The molecular formula is C17H15N3O2S. The minimum atomic E-state index is -0.269. The maximum atomic E-state index is 12.5. The Morgan fingerprint density at radius 1 is 1.22 bits per heavy atom. The molecule has 0 aliphatic carbocycles. The van der Waals surface area contributed by atoms with E-state index in [1.54, 1.807) is 29.7 Å². The van der Waals surface area contributed by atoms with E-state index in [1.807, 2.05) is 36.6 Å². The standard InChI is InChI=1S/C17H15N3O2S/c1-11-19-15(10-23-11)12-6-3-4-8-14(12)20-16(21)13-7-5-9-18-17(13)22-2/h3-10H,1-2H3,(H,20,21). The van der Waals surface area contributed by atoms with Crippen molar-refractivity contribution in [3.8, 4) is 17.1 Å². The number of carbonyl (C=O) groups is 1. The minimum Gasteiger partial charge on any atom is -0.480 e. The van der Waals surface area contributed by atoms with Crippen LogP contribution in [0.25, 0.3) is 11.3 Å². The van der Waals surface area contributed by atoms with Crippen LogP contribution in [0.3, 0.4) is 0 Å². The van der Waals surface area contributed by atoms with Crippen LogP contribution in [0.4, 0.5) is 5.69 Å². The molecular weight excluding hydrogens is 310 g/mol. The number of aromatic nitrogens is 2. The van der Waals surface area contributed by atoms with E-state index in [2.05, 4.69) is 15.3 Å². The van der Waals surface area contributed by atoms with Crippen LogP contribution in [0.5, 0.6) is 5.88 Å². The third kappa shape index (κ3) is 3.22. The Morgan fingerprint density at radius 3 is 2.78 bits per heavy atom. The van der Waals surface area contributed by atoms with Crippen molar-refractivity contribution >= 4 is 22.9 Å². The Bertz CT molecular complexity index is 845. The molecule has 23 heavy (non-hydrogen) atoms. The average molecular weight is 325 g/mol. The molecule has 0 unspecified atom stereocenters. The lowest BCUT2D eigenvalue weighted by Gasteiger charge is -2.11. The molecule has 0 spiro atoms. The number of hydrogen-bond acceptors (Lipinski definition) is 5. The maximum Gasteiger partial charge on any atom is 0.261 e. The largest absolute Gasteiger partial charge is 0.480 e. The van der Waals surface area contributed by atoms with E-state index >= 15 is 0 Å². The van der Waals surface area contributed by atoms with Gasteiger partial charge in [-0.15, -0.1) is 11.3 Å². The summed E-state index contributed by atoms with van der Waals surface area (Å²) in [5.41, 5.74) is 2.82. The summed E-state index contributed by atoms with van der Waals surface area (Å²) in [6.45, 7) is 1.95. The summed E-state index contributed by atoms with van der Waals surface area (Å²) < 4.78 is 5.14. The smallest absolute Gasteiger partial charge is 0.261 e. The summed E-state index contributed by atoms with van der Waals surface area (Å²) in [6, 6.07) is 11.0. The second kappa shape index (κ2) is 6.58. The molecule has 5 nitrogen and oxygen atoms in total. The SMILES string of the molecule is COc1ncccc1C(=O)Nc1ccccc1-c1csc(C)n1. The number of amides is 1. The number of carbonyl (C=O) groups excluding carboxylic acids is 1. The maximum absolute atomic E-state index is 12.5. The summed E-state index contributed by atoms with van der Waals surface area (Å²) in [7, 11) is 1.49. The first-order chi connectivity index (χ1) is 11.2. The highest BCUT2D eigenvalue weighted by molar-refractivity contribution is 7.09. The van der Waals surface area contributed by atoms with Crippen LogP contribution in [0, 0.1) is 6.92 Å². The lowest BCUT2D eigenvalue weighted by atomic mass is 10.1. The van der Waals surface area contributed by atoms with E-state index < -0.39 is 0 Å². The van der Waals surface area contributed by atoms with Gasteiger partial charge in [0.05, 0.1) is 23.5 Å². The summed E-state index contributed by atoms with van der Waals surface area (Å²) in [5, 5.41) is 5.87. The summed E-state index contributed by atoms with van der Waals surface area (Å²) >= 11 is 1.58. The number of benzene rings is 1. The van der Waals surface area contributed by atoms with Crippen molar-refractivity contribution in [2.75, 3.05) is 12.4 Å². The van der Waals surface area contributed by atoms with Gasteiger partial charge >= 0.3 is 0 Å². The fourth-order valence-corrected chi connectivity index (χ4v) is 2.83. The zero-order valence-corrected chi connectivity index (χ0v) is 13.6. The highest BCUT2D eigenvalue weighted by atomic mass is 32.1. The second-order valence-electron chi connectivity index (χ2n) is 4.81. The summed E-state index contributed by atoms with van der Waals surface area (Å²) in [5.74, 6) is 0.0290. The number of methoxy groups -OCH3 is 1. The van der Waals surface area contributed by atoms with E-state index in [1.165, 1.54) is 7.11 Å². The Labute approximate surface area is 138 Å². The molecule has 0 saturated carbocycles. The number of aryl methyl sites for hydroxylation is 1. The lowest BCUT2D eigenvalue weighted by Crippen LogP contribution is -2.14. The first-order valence-corrected chi connectivity index (χ1v) is 7.89. The Morgan fingerprint density at radius 2 is 2.04 bits per heavy atom. The fraction of sp³-hybridized carbons (Fsp3) is 0.118. The monoisotopic (exact) mass is 325 g/mol. The molecule has 3 aromatic rings. The molecule has 3 rings (SSSR count). The van der Waals surface area contributed by atoms with E-state index in [4.69, 9.17) is 4.74 Å². The quantitative estimate of drug-likeness (QED) is 0.793. The van der Waals surface area contributed by atoms with Gasteiger partial charge in [-0.05, 0) is 25.1 Å². The van der Waals surface area contributed by atoms with Crippen LogP contribution >= 0.6 is 11.3 Å². The number of pyridine rings is 1. The third-order valence-electron chi connectivity index (χ3n) is 3.28. The molecule has 0 saturated heterocycles. The molecule has 1 amide bonds. The molecule has 0 aliphatic rings. The van der Waals surface area contributed by atoms with Gasteiger partial charge in [-0.3, -0.25) is 4.79 Å². The number of nitrogens with zero attached hydrogens (tertiary/aromatic N) is 2. The number of hydrogen-bond donors (Lipinski definition) is 1. The van der Waals surface area contributed by atoms with Crippen molar-refractivity contribution in [1.82, 2.24) is 9.97 Å². The van der Waals surface area contributed by atoms with Gasteiger partial charge in [-0.1, -0.05) is 18.2 Å². The van der Waals surface area contributed by atoms with Gasteiger partial charge in [0, 0.05) is 17.1 Å². The zero-order chi connectivity index (χ0) is 16.2. The van der Waals surface area contributed by atoms with Gasteiger partial charge in [0.1, 0.15) is 5.56 Å². The number of ether oxygens (including phenoxy) is 1. The molecule has 2 heterocycles. The molecule has 0 atom stereocenters. The van der Waals surface area contributed by atoms with Gasteiger partial charge in [-0.25, -0.2) is 9.97 Å². The van der Waals surface area contributed by atoms with Gasteiger partial charge in [0.25, 0.3) is 5.91 Å². The van der Waals surface area contributed by atoms with Crippen molar-refractivity contribution < 1.29 is 9.53 Å². The number of nitrogens with one attached hydrogen (secondary N) is 1. The lowest BCUT2D eigenvalue weighted by molar-refractivity contribution is 0.102. The molecule has 0 fully saturated rings. The van der Waals surface area contributed by atoms with Crippen molar-refractivity contribution in [1.29, 1.82) is 0 Å². The van der Waals surface area contributed by atoms with Crippen molar-refractivity contribution in [3.05, 3.63) is 58.5 Å². The molecule has 0 aliphatic heterocycles. The van der Waals surface area contributed by atoms with Crippen molar-refractivity contribution in [3.63, 3.8) is 0 Å². The third-order valence-corrected chi connectivity index (χ3v) is 4.05. The predicted octanol–water partition coefficient (Wildman–Crippen LogP) is 3.77. The first kappa shape index (κ1) is 15.2. The number of anilines is 1. The Balaban J connectivity index is 1.93. The predicted molar refractivity (Wildman–Crippen MR) is 91.0 cm³/mol. The van der Waals surface area contributed by atoms with Crippen LogP contribution in [0.1, 0.15) is 15.4 Å². The van der Waals surface area contributed by atoms with E-state index in [-0.39, 0.29) is 5.91 Å². The Hall–Kier alpha value is -2.73. The van der Waals surface area contributed by atoms with E-state index in [9.17, 15) is 4.79 Å². The first-order valence-electron chi connectivity index (χ1n) is 7.01. The van der Waals surface area contributed by atoms with Crippen molar-refractivity contribution in [2.24, 2.45) is 0 Å². The molecule has 0 radical (unpaired) electrons. The second-order valence-corrected chi connectivity index (χ2v) is 5.87. The number of para-hydroxylation sites is 1. The topological polar surface area (TPSA) is 64.1 Å². The average Bonchev–Trinajstić information content (AvgIpc) is 3.01. The molecule has 1 aromatic carbocycles. The van der Waals surface area contributed by atoms with Crippen LogP contribution in [-0.4, -0.2) is 23.0 Å². The Kier molecular flexibility index (Phi) is 4.34. The van der Waals surface area contributed by atoms with Crippen LogP contribution < -0.4 is 10.1 Å². The highest BCUT2D eigenvalue weighted by Gasteiger charge is 2.15. The highest BCUT2D eigenvalue weighted by Crippen LogP contribution is 2.29. The number of rotatable bonds is 4. The van der Waals surface area contributed by atoms with Crippen LogP contribution in [-0.2, 0) is 0 Å². The molecule has 0 bridgehead atoms. The van der Waals surface area contributed by atoms with Gasteiger partial charge in [0.2, 0.25) is 5.88 Å². The fourth-order valence-electron chi connectivity index (χ4n) is 2.22. The molecule has 2 aromatic heterocycles. The van der Waals surface area contributed by atoms with Gasteiger partial charge < -0.3 is 10.1 Å². The van der Waals surface area contributed by atoms with Crippen LogP contribution in [0.2, 0.25) is 0 Å². The number of thiazole rings is 1.